The quantitative estimate of drug-likeness (QED) is 0.375. The number of nitrogens with zero attached hydrogens (tertiary/aromatic N) is 2. The third kappa shape index (κ3) is 3.48. The molecule has 3 aromatic carbocycles. The number of carboxylic acid groups (broad SMARTS) is 1. The first-order valence-corrected chi connectivity index (χ1v) is 10.5. The third-order valence-corrected chi connectivity index (χ3v) is 5.80. The smallest absolute Gasteiger partial charge is 0.354 e. The number of fused-ring (bicyclic) bond motifs is 3. The maximum absolute atomic E-state index is 11.9. The summed E-state index contributed by atoms with van der Waals surface area (Å²) in [6, 6.07) is 27.7. The molecule has 5 rings (SSSR count). The number of methoxy groups -OCH3 is 1. The fourth-order valence-electron chi connectivity index (χ4n) is 4.25. The molecule has 0 saturated heterocycles. The molecule has 0 bridgehead atoms. The van der Waals surface area contributed by atoms with Crippen LogP contribution in [0.25, 0.3) is 33.1 Å². The van der Waals surface area contributed by atoms with E-state index in [1.54, 1.807) is 13.2 Å². The van der Waals surface area contributed by atoms with Crippen LogP contribution < -0.4 is 4.74 Å². The lowest BCUT2D eigenvalue weighted by Crippen LogP contribution is -2.06. The maximum atomic E-state index is 11.9. The van der Waals surface area contributed by atoms with Crippen molar-refractivity contribution in [2.45, 2.75) is 13.0 Å². The number of ether oxygens (including phenoxy) is 1. The number of aromatic carboxylic acids is 1. The highest BCUT2D eigenvalue weighted by Crippen LogP contribution is 2.36. The molecule has 1 N–H and O–H groups in total. The van der Waals surface area contributed by atoms with Gasteiger partial charge in [0.15, 0.2) is 0 Å². The van der Waals surface area contributed by atoms with Crippen LogP contribution in [0.3, 0.4) is 0 Å². The SMILES string of the molecule is COc1ccc(-c2nc(C(=O)O)cc3c4ccccc4n(CCc4ccccc4)c23)cc1. The van der Waals surface area contributed by atoms with E-state index in [4.69, 9.17) is 4.74 Å². The van der Waals surface area contributed by atoms with Crippen molar-refractivity contribution < 1.29 is 14.6 Å². The van der Waals surface area contributed by atoms with Crippen molar-refractivity contribution in [2.24, 2.45) is 0 Å². The summed E-state index contributed by atoms with van der Waals surface area (Å²) < 4.78 is 7.55. The van der Waals surface area contributed by atoms with Gasteiger partial charge < -0.3 is 14.4 Å². The van der Waals surface area contributed by atoms with Gasteiger partial charge in [-0.05, 0) is 48.4 Å². The topological polar surface area (TPSA) is 64.3 Å². The van der Waals surface area contributed by atoms with Crippen molar-refractivity contribution in [1.29, 1.82) is 0 Å². The minimum Gasteiger partial charge on any atom is -0.497 e. The molecule has 2 heterocycles. The van der Waals surface area contributed by atoms with Gasteiger partial charge in [-0.2, -0.15) is 0 Å². The monoisotopic (exact) mass is 422 g/mol. The van der Waals surface area contributed by atoms with E-state index in [9.17, 15) is 9.90 Å². The largest absolute Gasteiger partial charge is 0.497 e. The van der Waals surface area contributed by atoms with Gasteiger partial charge in [-0.15, -0.1) is 0 Å². The van der Waals surface area contributed by atoms with Crippen LogP contribution in [0.5, 0.6) is 5.75 Å². The Balaban J connectivity index is 1.77. The van der Waals surface area contributed by atoms with E-state index in [0.29, 0.717) is 5.69 Å². The fourth-order valence-corrected chi connectivity index (χ4v) is 4.25. The van der Waals surface area contributed by atoms with Gasteiger partial charge in [-0.25, -0.2) is 9.78 Å². The number of carboxylic acids is 1. The van der Waals surface area contributed by atoms with Crippen molar-refractivity contribution in [2.75, 3.05) is 7.11 Å². The molecule has 32 heavy (non-hydrogen) atoms. The van der Waals surface area contributed by atoms with E-state index < -0.39 is 5.97 Å². The number of hydrogen-bond acceptors (Lipinski definition) is 3. The summed E-state index contributed by atoms with van der Waals surface area (Å²) in [6.07, 6.45) is 0.858. The first-order chi connectivity index (χ1) is 15.7. The summed E-state index contributed by atoms with van der Waals surface area (Å²) in [5.41, 5.74) is 4.80. The maximum Gasteiger partial charge on any atom is 0.354 e. The number of aromatic nitrogens is 2. The lowest BCUT2D eigenvalue weighted by atomic mass is 10.1. The Hall–Kier alpha value is -4.12. The Morgan fingerprint density at radius 3 is 2.38 bits per heavy atom. The first-order valence-electron chi connectivity index (χ1n) is 10.5. The average molecular weight is 422 g/mol. The third-order valence-electron chi connectivity index (χ3n) is 5.80. The predicted molar refractivity (Wildman–Crippen MR) is 126 cm³/mol. The highest BCUT2D eigenvalue weighted by molar-refractivity contribution is 6.13. The van der Waals surface area contributed by atoms with Gasteiger partial charge in [0.25, 0.3) is 0 Å². The molecule has 0 aliphatic carbocycles. The Kier molecular flexibility index (Phi) is 5.07. The molecule has 5 heteroatoms. The summed E-state index contributed by atoms with van der Waals surface area (Å²) in [5.74, 6) is -0.299. The summed E-state index contributed by atoms with van der Waals surface area (Å²) in [7, 11) is 1.62. The molecule has 0 saturated carbocycles. The van der Waals surface area contributed by atoms with Crippen molar-refractivity contribution in [1.82, 2.24) is 9.55 Å². The zero-order valence-corrected chi connectivity index (χ0v) is 17.7. The average Bonchev–Trinajstić information content (AvgIpc) is 3.16. The molecule has 0 atom stereocenters. The number of rotatable bonds is 6. The van der Waals surface area contributed by atoms with E-state index in [1.807, 2.05) is 60.7 Å². The number of carbonyl (C=O) groups is 1. The van der Waals surface area contributed by atoms with Crippen LogP contribution in [0, 0.1) is 0 Å². The van der Waals surface area contributed by atoms with Crippen LogP contribution in [0.4, 0.5) is 0 Å². The van der Waals surface area contributed by atoms with Gasteiger partial charge in [0, 0.05) is 28.4 Å². The van der Waals surface area contributed by atoms with Crippen molar-refractivity contribution >= 4 is 27.8 Å². The van der Waals surface area contributed by atoms with E-state index >= 15 is 0 Å². The normalized spacial score (nSPS) is 11.2. The zero-order chi connectivity index (χ0) is 22.1. The molecule has 0 aliphatic rings. The second-order valence-corrected chi connectivity index (χ2v) is 7.69. The molecule has 5 aromatic rings. The lowest BCUT2D eigenvalue weighted by molar-refractivity contribution is 0.0691. The second kappa shape index (κ2) is 8.19. The molecule has 0 radical (unpaired) electrons. The minimum atomic E-state index is -1.04. The number of aryl methyl sites for hydroxylation is 2. The number of benzene rings is 3. The number of pyridine rings is 1. The lowest BCUT2D eigenvalue weighted by Gasteiger charge is -2.12. The first kappa shape index (κ1) is 19.8. The Morgan fingerprint density at radius 2 is 1.66 bits per heavy atom. The van der Waals surface area contributed by atoms with Gasteiger partial charge in [0.1, 0.15) is 11.4 Å². The van der Waals surface area contributed by atoms with Gasteiger partial charge in [-0.3, -0.25) is 0 Å². The Labute approximate surface area is 185 Å². The number of hydrogen-bond donors (Lipinski definition) is 1. The van der Waals surface area contributed by atoms with Crippen molar-refractivity contribution in [3.05, 3.63) is 96.2 Å². The van der Waals surface area contributed by atoms with Crippen LogP contribution in [-0.4, -0.2) is 27.7 Å². The summed E-state index contributed by atoms with van der Waals surface area (Å²) in [5, 5.41) is 11.7. The molecular weight excluding hydrogens is 400 g/mol. The molecular formula is C27H22N2O3. The summed E-state index contributed by atoms with van der Waals surface area (Å²) in [6.45, 7) is 0.755. The van der Waals surface area contributed by atoms with E-state index in [-0.39, 0.29) is 5.69 Å². The molecule has 158 valence electrons. The Morgan fingerprint density at radius 1 is 0.938 bits per heavy atom. The summed E-state index contributed by atoms with van der Waals surface area (Å²) in [4.78, 5) is 16.5. The molecule has 2 aromatic heterocycles. The van der Waals surface area contributed by atoms with Gasteiger partial charge in [-0.1, -0.05) is 48.5 Å². The molecule has 0 amide bonds. The molecule has 5 nitrogen and oxygen atoms in total. The van der Waals surface area contributed by atoms with E-state index in [1.165, 1.54) is 5.56 Å². The van der Waals surface area contributed by atoms with Crippen LogP contribution >= 0.6 is 0 Å². The zero-order valence-electron chi connectivity index (χ0n) is 17.7. The molecule has 0 unspecified atom stereocenters. The van der Waals surface area contributed by atoms with Gasteiger partial charge >= 0.3 is 5.97 Å². The van der Waals surface area contributed by atoms with Crippen molar-refractivity contribution in [3.63, 3.8) is 0 Å². The van der Waals surface area contributed by atoms with E-state index in [0.717, 1.165) is 46.1 Å². The molecule has 0 aliphatic heterocycles. The number of para-hydroxylation sites is 1. The van der Waals surface area contributed by atoms with Crippen LogP contribution in [0.2, 0.25) is 0 Å². The standard InChI is InChI=1S/C27H22N2O3/c1-32-20-13-11-19(12-14-20)25-26-22(17-23(28-25)27(30)31)21-9-5-6-10-24(21)29(26)16-15-18-7-3-2-4-8-18/h2-14,17H,15-16H2,1H3,(H,30,31). The minimum absolute atomic E-state index is 0.0364. The molecule has 0 fully saturated rings. The van der Waals surface area contributed by atoms with E-state index in [2.05, 4.69) is 27.8 Å². The summed E-state index contributed by atoms with van der Waals surface area (Å²) >= 11 is 0. The highest BCUT2D eigenvalue weighted by atomic mass is 16.5. The predicted octanol–water partition coefficient (Wildman–Crippen LogP) is 5.81. The fraction of sp³-hybridized carbons (Fsp3) is 0.111. The van der Waals surface area contributed by atoms with Gasteiger partial charge in [0.05, 0.1) is 18.3 Å². The van der Waals surface area contributed by atoms with Gasteiger partial charge in [0.2, 0.25) is 0 Å². The van der Waals surface area contributed by atoms with Crippen molar-refractivity contribution in [3.8, 4) is 17.0 Å². The van der Waals surface area contributed by atoms with Crippen LogP contribution in [0.1, 0.15) is 16.1 Å². The molecule has 0 spiro atoms. The Bertz CT molecular complexity index is 1420. The van der Waals surface area contributed by atoms with Crippen LogP contribution in [-0.2, 0) is 13.0 Å². The highest BCUT2D eigenvalue weighted by Gasteiger charge is 2.20. The van der Waals surface area contributed by atoms with Crippen LogP contribution in [0.15, 0.2) is 84.9 Å². The second-order valence-electron chi connectivity index (χ2n) is 7.69.